The molecule has 2 aromatic heterocycles. The largest absolute Gasteiger partial charge is 0.453 e. The van der Waals surface area contributed by atoms with Crippen molar-refractivity contribution in [2.75, 3.05) is 50.1 Å². The molecular formula is C28H29N5O4. The molecule has 0 spiro atoms. The van der Waals surface area contributed by atoms with E-state index in [1.54, 1.807) is 12.1 Å². The number of nitrogens with one attached hydrogen (secondary N) is 2. The van der Waals surface area contributed by atoms with Crippen LogP contribution in [-0.2, 0) is 11.2 Å². The predicted octanol–water partition coefficient (Wildman–Crippen LogP) is 4.47. The number of H-pyrrole nitrogens is 1. The maximum Gasteiger partial charge on any atom is 0.411 e. The van der Waals surface area contributed by atoms with Crippen molar-refractivity contribution in [1.82, 2.24) is 9.88 Å². The average Bonchev–Trinajstić information content (AvgIpc) is 3.33. The minimum atomic E-state index is -0.714. The highest BCUT2D eigenvalue weighted by molar-refractivity contribution is 5.89. The molecule has 1 amide bonds. The zero-order valence-electron chi connectivity index (χ0n) is 20.8. The summed E-state index contributed by atoms with van der Waals surface area (Å²) >= 11 is 0. The number of rotatable bonds is 7. The number of nitriles is 1. The van der Waals surface area contributed by atoms with Crippen molar-refractivity contribution < 1.29 is 13.9 Å². The number of fused-ring (bicyclic) bond motifs is 2. The molecule has 0 atom stereocenters. The fourth-order valence-electron chi connectivity index (χ4n) is 4.89. The molecule has 0 bridgehead atoms. The number of methoxy groups -OCH3 is 1. The van der Waals surface area contributed by atoms with E-state index in [0.717, 1.165) is 74.0 Å². The lowest BCUT2D eigenvalue weighted by Gasteiger charge is -2.36. The molecule has 1 aliphatic rings. The number of carbonyl (C=O) groups excluding carboxylic acids is 1. The van der Waals surface area contributed by atoms with Gasteiger partial charge in [-0.15, -0.1) is 0 Å². The van der Waals surface area contributed by atoms with Crippen molar-refractivity contribution in [3.05, 3.63) is 70.2 Å². The van der Waals surface area contributed by atoms with Crippen LogP contribution in [0.15, 0.2) is 57.9 Å². The second-order valence-corrected chi connectivity index (χ2v) is 9.26. The quantitative estimate of drug-likeness (QED) is 0.285. The number of carbonyl (C=O) groups is 1. The molecule has 1 fully saturated rings. The smallest absolute Gasteiger partial charge is 0.411 e. The average molecular weight is 500 g/mol. The minimum Gasteiger partial charge on any atom is -0.453 e. The Labute approximate surface area is 214 Å². The van der Waals surface area contributed by atoms with E-state index in [1.165, 1.54) is 12.7 Å². The number of nitrogens with zero attached hydrogens (tertiary/aromatic N) is 3. The van der Waals surface area contributed by atoms with Gasteiger partial charge in [0.1, 0.15) is 11.3 Å². The maximum absolute atomic E-state index is 12.1. The Morgan fingerprint density at radius 3 is 2.76 bits per heavy atom. The van der Waals surface area contributed by atoms with Gasteiger partial charge in [-0.1, -0.05) is 0 Å². The van der Waals surface area contributed by atoms with Crippen LogP contribution in [0.4, 0.5) is 16.2 Å². The first-order valence-corrected chi connectivity index (χ1v) is 12.4. The van der Waals surface area contributed by atoms with Gasteiger partial charge in [0.25, 0.3) is 0 Å². The molecule has 190 valence electrons. The lowest BCUT2D eigenvalue weighted by molar-refractivity contribution is 0.187. The second kappa shape index (κ2) is 10.8. The number of aromatic amines is 1. The number of hydrogen-bond acceptors (Lipinski definition) is 7. The third-order valence-electron chi connectivity index (χ3n) is 6.94. The Morgan fingerprint density at radius 1 is 1.14 bits per heavy atom. The van der Waals surface area contributed by atoms with Gasteiger partial charge in [-0.3, -0.25) is 10.2 Å². The summed E-state index contributed by atoms with van der Waals surface area (Å²) in [4.78, 5) is 31.7. The molecule has 3 heterocycles. The van der Waals surface area contributed by atoms with Gasteiger partial charge in [0.05, 0.1) is 18.7 Å². The minimum absolute atomic E-state index is 0.0551. The number of ether oxygens (including phenoxy) is 1. The van der Waals surface area contributed by atoms with E-state index in [9.17, 15) is 14.9 Å². The Hall–Kier alpha value is -4.29. The number of benzene rings is 2. The first-order valence-electron chi connectivity index (χ1n) is 12.4. The Kier molecular flexibility index (Phi) is 7.10. The monoisotopic (exact) mass is 499 g/mol. The zero-order chi connectivity index (χ0) is 25.8. The first-order chi connectivity index (χ1) is 18.0. The van der Waals surface area contributed by atoms with Crippen LogP contribution in [0.5, 0.6) is 0 Å². The van der Waals surface area contributed by atoms with Crippen LogP contribution in [0.3, 0.4) is 0 Å². The standard InChI is InChI=1S/C28H29N5O4/c1-36-28(35)31-25-16-21-15-22(6-8-26(21)37-27(25)34)33-12-10-32(11-13-33)9-3-2-4-20-18-30-24-7-5-19(17-29)14-23(20)24/h5-8,14-16,18,30H,2-4,9-13H2,1H3,(H,31,35). The van der Waals surface area contributed by atoms with Crippen molar-refractivity contribution in [3.63, 3.8) is 0 Å². The topological polar surface area (TPSA) is 115 Å². The number of unbranched alkanes of at least 4 members (excludes halogenated alkanes) is 1. The molecule has 9 heteroatoms. The van der Waals surface area contributed by atoms with Gasteiger partial charge in [-0.25, -0.2) is 9.59 Å². The maximum atomic E-state index is 12.1. The number of anilines is 2. The molecule has 4 aromatic rings. The summed E-state index contributed by atoms with van der Waals surface area (Å²) in [6, 6.07) is 15.4. The SMILES string of the molecule is COC(=O)Nc1cc2cc(N3CCN(CCCCc4c[nH]c5ccc(C#N)cc45)CC3)ccc2oc1=O. The molecule has 5 rings (SSSR count). The van der Waals surface area contributed by atoms with Gasteiger partial charge in [0, 0.05) is 54.4 Å². The summed E-state index contributed by atoms with van der Waals surface area (Å²) in [5, 5.41) is 13.5. The number of amides is 1. The number of piperazine rings is 1. The van der Waals surface area contributed by atoms with Crippen molar-refractivity contribution in [2.45, 2.75) is 19.3 Å². The highest BCUT2D eigenvalue weighted by Gasteiger charge is 2.18. The summed E-state index contributed by atoms with van der Waals surface area (Å²) < 4.78 is 9.92. The number of aryl methyl sites for hydroxylation is 1. The van der Waals surface area contributed by atoms with Gasteiger partial charge in [0.2, 0.25) is 0 Å². The van der Waals surface area contributed by atoms with Crippen molar-refractivity contribution in [3.8, 4) is 6.07 Å². The molecular weight excluding hydrogens is 470 g/mol. The molecule has 2 aromatic carbocycles. The summed E-state index contributed by atoms with van der Waals surface area (Å²) in [5.41, 5.74) is 4.02. The summed E-state index contributed by atoms with van der Waals surface area (Å²) in [5.74, 6) is 0. The number of hydrogen-bond donors (Lipinski definition) is 2. The highest BCUT2D eigenvalue weighted by atomic mass is 16.5. The number of aromatic nitrogens is 1. The highest BCUT2D eigenvalue weighted by Crippen LogP contribution is 2.25. The van der Waals surface area contributed by atoms with E-state index in [1.807, 2.05) is 30.3 Å². The van der Waals surface area contributed by atoms with E-state index in [4.69, 9.17) is 4.42 Å². The van der Waals surface area contributed by atoms with Gasteiger partial charge >= 0.3 is 11.7 Å². The normalized spacial score (nSPS) is 14.1. The van der Waals surface area contributed by atoms with E-state index < -0.39 is 11.7 Å². The van der Waals surface area contributed by atoms with Crippen LogP contribution in [0.2, 0.25) is 0 Å². The van der Waals surface area contributed by atoms with Crippen molar-refractivity contribution >= 4 is 39.3 Å². The molecule has 0 unspecified atom stereocenters. The van der Waals surface area contributed by atoms with E-state index in [-0.39, 0.29) is 5.69 Å². The molecule has 9 nitrogen and oxygen atoms in total. The van der Waals surface area contributed by atoms with E-state index >= 15 is 0 Å². The molecule has 0 aliphatic carbocycles. The van der Waals surface area contributed by atoms with Crippen LogP contribution in [0.25, 0.3) is 21.9 Å². The third-order valence-corrected chi connectivity index (χ3v) is 6.94. The lowest BCUT2D eigenvalue weighted by atomic mass is 10.1. The van der Waals surface area contributed by atoms with Crippen LogP contribution < -0.4 is 15.8 Å². The van der Waals surface area contributed by atoms with Crippen LogP contribution in [0.1, 0.15) is 24.0 Å². The molecule has 37 heavy (non-hydrogen) atoms. The van der Waals surface area contributed by atoms with Gasteiger partial charge in [-0.05, 0) is 73.8 Å². The van der Waals surface area contributed by atoms with Crippen molar-refractivity contribution in [2.24, 2.45) is 0 Å². The van der Waals surface area contributed by atoms with Crippen LogP contribution in [-0.4, -0.2) is 55.8 Å². The molecule has 1 aliphatic heterocycles. The van der Waals surface area contributed by atoms with Crippen LogP contribution >= 0.6 is 0 Å². The molecule has 0 radical (unpaired) electrons. The molecule has 2 N–H and O–H groups in total. The Balaban J connectivity index is 1.13. The van der Waals surface area contributed by atoms with E-state index in [0.29, 0.717) is 11.1 Å². The fourth-order valence-corrected chi connectivity index (χ4v) is 4.89. The zero-order valence-corrected chi connectivity index (χ0v) is 20.8. The summed E-state index contributed by atoms with van der Waals surface area (Å²) in [6.45, 7) is 4.85. The summed E-state index contributed by atoms with van der Waals surface area (Å²) in [6.07, 6.45) is 4.56. The second-order valence-electron chi connectivity index (χ2n) is 9.26. The molecule has 0 saturated carbocycles. The third kappa shape index (κ3) is 5.44. The Morgan fingerprint density at radius 2 is 1.97 bits per heavy atom. The molecule has 1 saturated heterocycles. The Bertz CT molecular complexity index is 1530. The summed E-state index contributed by atoms with van der Waals surface area (Å²) in [7, 11) is 1.24. The van der Waals surface area contributed by atoms with Gasteiger partial charge < -0.3 is 19.0 Å². The van der Waals surface area contributed by atoms with Crippen LogP contribution in [0, 0.1) is 11.3 Å². The fraction of sp³-hybridized carbons (Fsp3) is 0.321. The van der Waals surface area contributed by atoms with Gasteiger partial charge in [-0.2, -0.15) is 5.26 Å². The van der Waals surface area contributed by atoms with Crippen molar-refractivity contribution in [1.29, 1.82) is 5.26 Å². The van der Waals surface area contributed by atoms with E-state index in [2.05, 4.69) is 37.1 Å². The predicted molar refractivity (Wildman–Crippen MR) is 143 cm³/mol. The first kappa shape index (κ1) is 24.4. The van der Waals surface area contributed by atoms with Gasteiger partial charge in [0.15, 0.2) is 0 Å². The lowest BCUT2D eigenvalue weighted by Crippen LogP contribution is -2.46.